The van der Waals surface area contributed by atoms with Gasteiger partial charge in [-0.25, -0.2) is 4.98 Å². The van der Waals surface area contributed by atoms with Crippen LogP contribution >= 0.6 is 0 Å². The van der Waals surface area contributed by atoms with Gasteiger partial charge in [0, 0.05) is 31.6 Å². The average Bonchev–Trinajstić information content (AvgIpc) is 3.31. The van der Waals surface area contributed by atoms with Crippen molar-refractivity contribution >= 4 is 22.7 Å². The van der Waals surface area contributed by atoms with Gasteiger partial charge >= 0.3 is 0 Å². The summed E-state index contributed by atoms with van der Waals surface area (Å²) in [5.74, 6) is 1.66. The number of Topliss-reactive ketones (excluding diaryl/α,β-unsaturated/α-hetero) is 1. The van der Waals surface area contributed by atoms with Gasteiger partial charge in [0.1, 0.15) is 0 Å². The summed E-state index contributed by atoms with van der Waals surface area (Å²) in [4.78, 5) is 36.6. The number of aromatic nitrogens is 2. The Morgan fingerprint density at radius 2 is 1.55 bits per heavy atom. The van der Waals surface area contributed by atoms with Gasteiger partial charge in [0.25, 0.3) is 5.91 Å². The number of likely N-dealkylation sites (tertiary alicyclic amines) is 1. The number of hydrogen-bond donors (Lipinski definition) is 0. The van der Waals surface area contributed by atoms with Crippen molar-refractivity contribution in [2.24, 2.45) is 11.8 Å². The lowest BCUT2D eigenvalue weighted by atomic mass is 10.1. The molecule has 0 saturated carbocycles. The standard InChI is InChI=1S/C34H48N4O2/c1-26(2)16-22-37(23-17-27(3)4)34(40)29-14-15-30-31(25-29)38(21-11-20-36-18-9-6-10-19-36)33(35-30)32(39)24-28-12-7-5-8-13-28/h5,7-8,12-15,25-27H,6,9-11,16-24H2,1-4H3. The lowest BCUT2D eigenvalue weighted by Gasteiger charge is -2.26. The molecule has 6 heteroatoms. The fraction of sp³-hybridized carbons (Fsp3) is 0.559. The van der Waals surface area contributed by atoms with Crippen molar-refractivity contribution in [3.05, 3.63) is 65.5 Å². The number of benzene rings is 2. The maximum Gasteiger partial charge on any atom is 0.253 e. The molecule has 1 aliphatic rings. The lowest BCUT2D eigenvalue weighted by Crippen LogP contribution is -2.34. The minimum atomic E-state index is 0.0174. The highest BCUT2D eigenvalue weighted by Gasteiger charge is 2.22. The van der Waals surface area contributed by atoms with E-state index < -0.39 is 0 Å². The van der Waals surface area contributed by atoms with E-state index in [1.165, 1.54) is 19.3 Å². The molecule has 0 aliphatic carbocycles. The van der Waals surface area contributed by atoms with E-state index in [1.807, 2.05) is 53.4 Å². The van der Waals surface area contributed by atoms with E-state index in [4.69, 9.17) is 4.98 Å². The number of piperidine rings is 1. The summed E-state index contributed by atoms with van der Waals surface area (Å²) in [6.45, 7) is 14.4. The number of carbonyl (C=O) groups excluding carboxylic acids is 2. The van der Waals surface area contributed by atoms with E-state index in [2.05, 4.69) is 37.2 Å². The molecule has 1 fully saturated rings. The van der Waals surface area contributed by atoms with Crippen LogP contribution in [0.3, 0.4) is 0 Å². The lowest BCUT2D eigenvalue weighted by molar-refractivity contribution is 0.0740. The van der Waals surface area contributed by atoms with E-state index in [-0.39, 0.29) is 11.7 Å². The van der Waals surface area contributed by atoms with Gasteiger partial charge in [-0.1, -0.05) is 64.4 Å². The zero-order chi connectivity index (χ0) is 28.5. The molecule has 1 aromatic heterocycles. The molecule has 1 amide bonds. The number of fused-ring (bicyclic) bond motifs is 1. The number of amides is 1. The predicted octanol–water partition coefficient (Wildman–Crippen LogP) is 6.87. The van der Waals surface area contributed by atoms with Gasteiger partial charge in [-0.15, -0.1) is 0 Å². The third-order valence-corrected chi connectivity index (χ3v) is 8.00. The molecule has 40 heavy (non-hydrogen) atoms. The fourth-order valence-corrected chi connectivity index (χ4v) is 5.52. The molecule has 0 bridgehead atoms. The van der Waals surface area contributed by atoms with Crippen molar-refractivity contribution in [1.29, 1.82) is 0 Å². The smallest absolute Gasteiger partial charge is 0.253 e. The quantitative estimate of drug-likeness (QED) is 0.208. The number of rotatable bonds is 14. The molecule has 3 aromatic rings. The Bertz CT molecular complexity index is 1230. The van der Waals surface area contributed by atoms with Crippen LogP contribution in [-0.4, -0.2) is 63.8 Å². The summed E-state index contributed by atoms with van der Waals surface area (Å²) in [6.07, 6.45) is 7.10. The van der Waals surface area contributed by atoms with Crippen molar-refractivity contribution in [1.82, 2.24) is 19.4 Å². The van der Waals surface area contributed by atoms with E-state index in [0.29, 0.717) is 36.2 Å². The molecule has 2 aromatic carbocycles. The molecule has 6 nitrogen and oxygen atoms in total. The highest BCUT2D eigenvalue weighted by Crippen LogP contribution is 2.22. The Balaban J connectivity index is 1.62. The molecule has 2 heterocycles. The van der Waals surface area contributed by atoms with Gasteiger partial charge in [0.05, 0.1) is 11.0 Å². The molecular formula is C34H48N4O2. The summed E-state index contributed by atoms with van der Waals surface area (Å²) >= 11 is 0. The van der Waals surface area contributed by atoms with Crippen molar-refractivity contribution in [2.75, 3.05) is 32.7 Å². The van der Waals surface area contributed by atoms with Crippen LogP contribution in [0.15, 0.2) is 48.5 Å². The molecule has 0 spiro atoms. The molecule has 0 N–H and O–H groups in total. The average molecular weight is 545 g/mol. The van der Waals surface area contributed by atoms with Crippen LogP contribution < -0.4 is 0 Å². The summed E-state index contributed by atoms with van der Waals surface area (Å²) in [5, 5.41) is 0. The second-order valence-electron chi connectivity index (χ2n) is 12.3. The monoisotopic (exact) mass is 544 g/mol. The maximum absolute atomic E-state index is 13.7. The second kappa shape index (κ2) is 14.6. The number of nitrogens with zero attached hydrogens (tertiary/aromatic N) is 4. The Labute approximate surface area is 240 Å². The van der Waals surface area contributed by atoms with Crippen LogP contribution in [0.5, 0.6) is 0 Å². The maximum atomic E-state index is 13.7. The van der Waals surface area contributed by atoms with E-state index >= 15 is 0 Å². The topological polar surface area (TPSA) is 58.4 Å². The van der Waals surface area contributed by atoms with Crippen molar-refractivity contribution in [3.63, 3.8) is 0 Å². The fourth-order valence-electron chi connectivity index (χ4n) is 5.52. The number of hydrogen-bond acceptors (Lipinski definition) is 4. The van der Waals surface area contributed by atoms with Crippen LogP contribution in [0.4, 0.5) is 0 Å². The first-order chi connectivity index (χ1) is 19.3. The predicted molar refractivity (Wildman–Crippen MR) is 164 cm³/mol. The van der Waals surface area contributed by atoms with Gasteiger partial charge in [-0.2, -0.15) is 0 Å². The van der Waals surface area contributed by atoms with E-state index in [1.54, 1.807) is 0 Å². The minimum absolute atomic E-state index is 0.0174. The second-order valence-corrected chi connectivity index (χ2v) is 12.3. The Kier molecular flexibility index (Phi) is 10.9. The van der Waals surface area contributed by atoms with Crippen LogP contribution in [-0.2, 0) is 13.0 Å². The zero-order valence-electron chi connectivity index (χ0n) is 25.1. The molecule has 216 valence electrons. The zero-order valence-corrected chi connectivity index (χ0v) is 25.1. The Hall–Kier alpha value is -2.99. The van der Waals surface area contributed by atoms with Gasteiger partial charge in [0.15, 0.2) is 5.82 Å². The van der Waals surface area contributed by atoms with Gasteiger partial charge in [-0.3, -0.25) is 9.59 Å². The summed E-state index contributed by atoms with van der Waals surface area (Å²) < 4.78 is 2.08. The molecule has 0 unspecified atom stereocenters. The number of carbonyl (C=O) groups is 2. The third-order valence-electron chi connectivity index (χ3n) is 8.00. The van der Waals surface area contributed by atoms with Crippen LogP contribution in [0.2, 0.25) is 0 Å². The minimum Gasteiger partial charge on any atom is -0.339 e. The first-order valence-electron chi connectivity index (χ1n) is 15.4. The third kappa shape index (κ3) is 8.26. The van der Waals surface area contributed by atoms with Gasteiger partial charge < -0.3 is 14.4 Å². The van der Waals surface area contributed by atoms with Crippen LogP contribution in [0.25, 0.3) is 11.0 Å². The van der Waals surface area contributed by atoms with Gasteiger partial charge in [-0.05, 0) is 87.3 Å². The largest absolute Gasteiger partial charge is 0.339 e. The van der Waals surface area contributed by atoms with E-state index in [0.717, 1.165) is 68.6 Å². The molecule has 0 atom stereocenters. The Morgan fingerprint density at radius 1 is 0.875 bits per heavy atom. The first-order valence-corrected chi connectivity index (χ1v) is 15.4. The summed E-state index contributed by atoms with van der Waals surface area (Å²) in [7, 11) is 0. The number of aryl methyl sites for hydroxylation is 1. The van der Waals surface area contributed by atoms with Crippen molar-refractivity contribution in [2.45, 2.75) is 79.2 Å². The normalized spacial score (nSPS) is 14.3. The summed E-state index contributed by atoms with van der Waals surface area (Å²) in [5.41, 5.74) is 3.33. The molecule has 1 saturated heterocycles. The Morgan fingerprint density at radius 3 is 2.20 bits per heavy atom. The van der Waals surface area contributed by atoms with E-state index in [9.17, 15) is 9.59 Å². The van der Waals surface area contributed by atoms with Crippen LogP contribution in [0.1, 0.15) is 92.8 Å². The SMILES string of the molecule is CC(C)CCN(CCC(C)C)C(=O)c1ccc2nc(C(=O)Cc3ccccc3)n(CCCN3CCCCC3)c2c1. The number of ketones is 1. The van der Waals surface area contributed by atoms with Gasteiger partial charge in [0.2, 0.25) is 5.78 Å². The highest BCUT2D eigenvalue weighted by atomic mass is 16.2. The molecule has 4 rings (SSSR count). The molecule has 1 aliphatic heterocycles. The van der Waals surface area contributed by atoms with Crippen LogP contribution in [0, 0.1) is 11.8 Å². The molecule has 0 radical (unpaired) electrons. The highest BCUT2D eigenvalue weighted by molar-refractivity contribution is 6.00. The first kappa shape index (κ1) is 30.0. The summed E-state index contributed by atoms with van der Waals surface area (Å²) in [6, 6.07) is 15.7. The number of imidazole rings is 1. The van der Waals surface area contributed by atoms with Crippen molar-refractivity contribution in [3.8, 4) is 0 Å². The van der Waals surface area contributed by atoms with Crippen molar-refractivity contribution < 1.29 is 9.59 Å². The molecular weight excluding hydrogens is 496 g/mol.